The Labute approximate surface area is 106 Å². The number of carbonyl (C=O) groups is 1. The van der Waals surface area contributed by atoms with Gasteiger partial charge in [0.1, 0.15) is 0 Å². The number of rotatable bonds is 6. The summed E-state index contributed by atoms with van der Waals surface area (Å²) in [5.74, 6) is 0.852. The molecule has 0 aromatic heterocycles. The molecule has 1 fully saturated rings. The Kier molecular flexibility index (Phi) is 7.06. The van der Waals surface area contributed by atoms with Crippen LogP contribution < -0.4 is 5.32 Å². The van der Waals surface area contributed by atoms with E-state index in [1.54, 1.807) is 4.90 Å². The number of hydrogen-bond acceptors (Lipinski definition) is 1. The maximum atomic E-state index is 11.7. The van der Waals surface area contributed by atoms with Crippen molar-refractivity contribution in [2.75, 3.05) is 20.1 Å². The summed E-state index contributed by atoms with van der Waals surface area (Å²) < 4.78 is 0. The Morgan fingerprint density at radius 3 is 2.65 bits per heavy atom. The lowest BCUT2D eigenvalue weighted by molar-refractivity contribution is 0.206. The molecule has 3 heteroatoms. The number of amides is 2. The normalized spacial score (nSPS) is 16.8. The van der Waals surface area contributed by atoms with Crippen LogP contribution in [0.25, 0.3) is 0 Å². The molecule has 1 aliphatic carbocycles. The fourth-order valence-electron chi connectivity index (χ4n) is 2.49. The number of hydrogen-bond donors (Lipinski definition) is 1. The van der Waals surface area contributed by atoms with Crippen LogP contribution in [-0.4, -0.2) is 31.1 Å². The maximum absolute atomic E-state index is 11.7. The van der Waals surface area contributed by atoms with E-state index in [0.717, 1.165) is 38.3 Å². The smallest absolute Gasteiger partial charge is 0.317 e. The standard InChI is InChI=1S/C14H28N2O/c1-3-4-12-16(2)14(17)15-11-10-13-8-6-5-7-9-13/h13H,3-12H2,1-2H3,(H,15,17). The third-order valence-corrected chi connectivity index (χ3v) is 3.75. The minimum atomic E-state index is 0.0919. The quantitative estimate of drug-likeness (QED) is 0.758. The topological polar surface area (TPSA) is 32.3 Å². The van der Waals surface area contributed by atoms with E-state index < -0.39 is 0 Å². The van der Waals surface area contributed by atoms with Gasteiger partial charge in [0, 0.05) is 20.1 Å². The first-order valence-electron chi connectivity index (χ1n) is 7.23. The molecular weight excluding hydrogens is 212 g/mol. The van der Waals surface area contributed by atoms with E-state index in [-0.39, 0.29) is 6.03 Å². The molecule has 1 aliphatic rings. The zero-order valence-electron chi connectivity index (χ0n) is 11.5. The van der Waals surface area contributed by atoms with E-state index in [2.05, 4.69) is 12.2 Å². The summed E-state index contributed by atoms with van der Waals surface area (Å²) in [5, 5.41) is 3.03. The molecule has 0 spiro atoms. The summed E-state index contributed by atoms with van der Waals surface area (Å²) in [6.45, 7) is 3.86. The molecule has 3 nitrogen and oxygen atoms in total. The predicted molar refractivity (Wildman–Crippen MR) is 72.1 cm³/mol. The first-order valence-corrected chi connectivity index (χ1v) is 7.23. The van der Waals surface area contributed by atoms with Crippen molar-refractivity contribution in [3.63, 3.8) is 0 Å². The average molecular weight is 240 g/mol. The lowest BCUT2D eigenvalue weighted by Crippen LogP contribution is -2.38. The molecule has 1 N–H and O–H groups in total. The van der Waals surface area contributed by atoms with Gasteiger partial charge >= 0.3 is 6.03 Å². The Morgan fingerprint density at radius 1 is 1.29 bits per heavy atom. The number of urea groups is 1. The van der Waals surface area contributed by atoms with Crippen LogP contribution in [0.4, 0.5) is 4.79 Å². The van der Waals surface area contributed by atoms with Crippen molar-refractivity contribution >= 4 is 6.03 Å². The predicted octanol–water partition coefficient (Wildman–Crippen LogP) is 3.40. The van der Waals surface area contributed by atoms with Gasteiger partial charge in [0.15, 0.2) is 0 Å². The largest absolute Gasteiger partial charge is 0.338 e. The first kappa shape index (κ1) is 14.3. The minimum Gasteiger partial charge on any atom is -0.338 e. The second kappa shape index (κ2) is 8.37. The fourth-order valence-corrected chi connectivity index (χ4v) is 2.49. The lowest BCUT2D eigenvalue weighted by atomic mass is 9.87. The van der Waals surface area contributed by atoms with E-state index in [1.807, 2.05) is 7.05 Å². The van der Waals surface area contributed by atoms with E-state index in [0.29, 0.717) is 0 Å². The van der Waals surface area contributed by atoms with Gasteiger partial charge in [0.05, 0.1) is 0 Å². The van der Waals surface area contributed by atoms with Gasteiger partial charge in [0.25, 0.3) is 0 Å². The summed E-state index contributed by atoms with van der Waals surface area (Å²) in [5.41, 5.74) is 0. The molecule has 0 aromatic rings. The molecule has 0 bridgehead atoms. The zero-order valence-corrected chi connectivity index (χ0v) is 11.5. The summed E-state index contributed by atoms with van der Waals surface area (Å²) in [6, 6.07) is 0.0919. The molecule has 0 atom stereocenters. The second-order valence-corrected chi connectivity index (χ2v) is 5.30. The van der Waals surface area contributed by atoms with Gasteiger partial charge in [0.2, 0.25) is 0 Å². The van der Waals surface area contributed by atoms with Crippen molar-refractivity contribution < 1.29 is 4.79 Å². The number of nitrogens with one attached hydrogen (secondary N) is 1. The molecular formula is C14H28N2O. The third kappa shape index (κ3) is 5.94. The van der Waals surface area contributed by atoms with Crippen LogP contribution >= 0.6 is 0 Å². The highest BCUT2D eigenvalue weighted by Crippen LogP contribution is 2.25. The SMILES string of the molecule is CCCCN(C)C(=O)NCCC1CCCCC1. The van der Waals surface area contributed by atoms with Crippen molar-refractivity contribution in [2.45, 2.75) is 58.3 Å². The van der Waals surface area contributed by atoms with Gasteiger partial charge in [-0.3, -0.25) is 0 Å². The van der Waals surface area contributed by atoms with Gasteiger partial charge in [-0.05, 0) is 18.8 Å². The Morgan fingerprint density at radius 2 is 2.00 bits per heavy atom. The van der Waals surface area contributed by atoms with Crippen LogP contribution in [0.5, 0.6) is 0 Å². The number of unbranched alkanes of at least 4 members (excludes halogenated alkanes) is 1. The van der Waals surface area contributed by atoms with Crippen LogP contribution in [0.15, 0.2) is 0 Å². The van der Waals surface area contributed by atoms with Gasteiger partial charge in [-0.1, -0.05) is 45.4 Å². The van der Waals surface area contributed by atoms with Gasteiger partial charge in [-0.25, -0.2) is 4.79 Å². The average Bonchev–Trinajstić information content (AvgIpc) is 2.37. The van der Waals surface area contributed by atoms with E-state index in [4.69, 9.17) is 0 Å². The highest BCUT2D eigenvalue weighted by molar-refractivity contribution is 5.73. The molecule has 1 rings (SSSR count). The zero-order chi connectivity index (χ0) is 12.5. The summed E-state index contributed by atoms with van der Waals surface area (Å²) in [6.07, 6.45) is 10.3. The molecule has 0 saturated heterocycles. The summed E-state index contributed by atoms with van der Waals surface area (Å²) >= 11 is 0. The molecule has 0 unspecified atom stereocenters. The summed E-state index contributed by atoms with van der Waals surface area (Å²) in [7, 11) is 1.88. The molecule has 1 saturated carbocycles. The Bertz CT molecular complexity index is 212. The fraction of sp³-hybridized carbons (Fsp3) is 0.929. The molecule has 0 aromatic carbocycles. The highest BCUT2D eigenvalue weighted by atomic mass is 16.2. The Hall–Kier alpha value is -0.730. The molecule has 2 amide bonds. The van der Waals surface area contributed by atoms with E-state index >= 15 is 0 Å². The van der Waals surface area contributed by atoms with Crippen LogP contribution in [0, 0.1) is 5.92 Å². The van der Waals surface area contributed by atoms with Crippen molar-refractivity contribution in [3.8, 4) is 0 Å². The highest BCUT2D eigenvalue weighted by Gasteiger charge is 2.13. The second-order valence-electron chi connectivity index (χ2n) is 5.30. The lowest BCUT2D eigenvalue weighted by Gasteiger charge is -2.22. The van der Waals surface area contributed by atoms with Gasteiger partial charge < -0.3 is 10.2 Å². The third-order valence-electron chi connectivity index (χ3n) is 3.75. The van der Waals surface area contributed by atoms with Crippen molar-refractivity contribution in [1.29, 1.82) is 0 Å². The van der Waals surface area contributed by atoms with Crippen molar-refractivity contribution in [2.24, 2.45) is 5.92 Å². The molecule has 0 aliphatic heterocycles. The van der Waals surface area contributed by atoms with Crippen LogP contribution in [0.3, 0.4) is 0 Å². The molecule has 0 radical (unpaired) electrons. The number of nitrogens with zero attached hydrogens (tertiary/aromatic N) is 1. The van der Waals surface area contributed by atoms with Crippen LogP contribution in [-0.2, 0) is 0 Å². The van der Waals surface area contributed by atoms with E-state index in [9.17, 15) is 4.79 Å². The number of carbonyl (C=O) groups excluding carboxylic acids is 1. The van der Waals surface area contributed by atoms with Gasteiger partial charge in [-0.15, -0.1) is 0 Å². The van der Waals surface area contributed by atoms with Crippen LogP contribution in [0.2, 0.25) is 0 Å². The van der Waals surface area contributed by atoms with Gasteiger partial charge in [-0.2, -0.15) is 0 Å². The minimum absolute atomic E-state index is 0.0919. The van der Waals surface area contributed by atoms with E-state index in [1.165, 1.54) is 32.1 Å². The first-order chi connectivity index (χ1) is 8.24. The Balaban J connectivity index is 2.06. The summed E-state index contributed by atoms with van der Waals surface area (Å²) in [4.78, 5) is 13.5. The molecule has 17 heavy (non-hydrogen) atoms. The molecule has 0 heterocycles. The maximum Gasteiger partial charge on any atom is 0.317 e. The molecule has 100 valence electrons. The van der Waals surface area contributed by atoms with Crippen molar-refractivity contribution in [3.05, 3.63) is 0 Å². The van der Waals surface area contributed by atoms with Crippen LogP contribution in [0.1, 0.15) is 58.3 Å². The monoisotopic (exact) mass is 240 g/mol. The van der Waals surface area contributed by atoms with Crippen molar-refractivity contribution in [1.82, 2.24) is 10.2 Å².